The summed E-state index contributed by atoms with van der Waals surface area (Å²) in [4.78, 5) is 12.4. The van der Waals surface area contributed by atoms with Gasteiger partial charge in [-0.1, -0.05) is 18.2 Å². The average molecular weight is 426 g/mol. The number of methoxy groups -OCH3 is 1. The van der Waals surface area contributed by atoms with Gasteiger partial charge in [-0.3, -0.25) is 4.79 Å². The normalized spacial score (nSPS) is 13.5. The minimum Gasteiger partial charge on any atom is -0.495 e. The Hall–Kier alpha value is -2.29. The highest BCUT2D eigenvalue weighted by Gasteiger charge is 2.28. The molecule has 3 rings (SSSR count). The number of hydrogen-bond donors (Lipinski definition) is 3. The van der Waals surface area contributed by atoms with Crippen molar-refractivity contribution in [1.29, 1.82) is 0 Å². The fraction of sp³-hybridized carbons (Fsp3) is 0.316. The fourth-order valence-electron chi connectivity index (χ4n) is 2.66. The van der Waals surface area contributed by atoms with Gasteiger partial charge in [-0.05, 0) is 49.1 Å². The molecule has 1 saturated carbocycles. The Morgan fingerprint density at radius 3 is 2.57 bits per heavy atom. The second-order valence-electron chi connectivity index (χ2n) is 6.50. The van der Waals surface area contributed by atoms with Gasteiger partial charge in [0.15, 0.2) is 0 Å². The van der Waals surface area contributed by atoms with Crippen LogP contribution in [0.3, 0.4) is 0 Å². The van der Waals surface area contributed by atoms with Gasteiger partial charge in [0, 0.05) is 18.2 Å². The summed E-state index contributed by atoms with van der Waals surface area (Å²) in [5.41, 5.74) is 7.75. The van der Waals surface area contributed by atoms with Crippen LogP contribution in [0.2, 0.25) is 0 Å². The molecule has 0 aliphatic heterocycles. The standard InChI is InChI=1S/C19H23N3O4S.ClH/c1-26-18-10-9-15(27(24,25)22-14-7-8-14)12-17(18)21-19(23)11-6-13-4-2-3-5-16(13)20;/h2-5,9-10,12,14,22H,6-8,11,20H2,1H3,(H,21,23);1H. The first-order valence-electron chi connectivity index (χ1n) is 8.72. The Bertz CT molecular complexity index is 946. The van der Waals surface area contributed by atoms with Crippen LogP contribution in [0.25, 0.3) is 0 Å². The van der Waals surface area contributed by atoms with Crippen molar-refractivity contribution < 1.29 is 17.9 Å². The zero-order valence-electron chi connectivity index (χ0n) is 15.5. The minimum atomic E-state index is -3.61. The Kier molecular flexibility index (Phi) is 7.29. The predicted molar refractivity (Wildman–Crippen MR) is 111 cm³/mol. The number of amides is 1. The van der Waals surface area contributed by atoms with Crippen molar-refractivity contribution in [1.82, 2.24) is 4.72 Å². The molecule has 28 heavy (non-hydrogen) atoms. The predicted octanol–water partition coefficient (Wildman–Crippen LogP) is 2.71. The first-order valence-corrected chi connectivity index (χ1v) is 10.2. The van der Waals surface area contributed by atoms with E-state index in [4.69, 9.17) is 10.5 Å². The lowest BCUT2D eigenvalue weighted by Crippen LogP contribution is -2.26. The van der Waals surface area contributed by atoms with Crippen LogP contribution in [0.4, 0.5) is 11.4 Å². The van der Waals surface area contributed by atoms with E-state index in [9.17, 15) is 13.2 Å². The quantitative estimate of drug-likeness (QED) is 0.563. The second kappa shape index (κ2) is 9.27. The number of halogens is 1. The van der Waals surface area contributed by atoms with Gasteiger partial charge in [0.05, 0.1) is 17.7 Å². The number of ether oxygens (including phenoxy) is 1. The van der Waals surface area contributed by atoms with Crippen LogP contribution in [-0.2, 0) is 21.2 Å². The molecular weight excluding hydrogens is 402 g/mol. The lowest BCUT2D eigenvalue weighted by atomic mass is 10.1. The molecule has 1 aliphatic carbocycles. The molecule has 4 N–H and O–H groups in total. The van der Waals surface area contributed by atoms with Crippen LogP contribution >= 0.6 is 12.4 Å². The number of rotatable bonds is 8. The molecule has 0 aromatic heterocycles. The van der Waals surface area contributed by atoms with Gasteiger partial charge in [0.25, 0.3) is 0 Å². The minimum absolute atomic E-state index is 0. The van der Waals surface area contributed by atoms with Crippen LogP contribution in [0.15, 0.2) is 47.4 Å². The highest BCUT2D eigenvalue weighted by atomic mass is 35.5. The van der Waals surface area contributed by atoms with E-state index in [0.717, 1.165) is 18.4 Å². The molecular formula is C19H24ClN3O4S. The molecule has 0 saturated heterocycles. The number of hydrogen-bond acceptors (Lipinski definition) is 5. The van der Waals surface area contributed by atoms with Crippen LogP contribution in [-0.4, -0.2) is 27.5 Å². The highest BCUT2D eigenvalue weighted by Crippen LogP contribution is 2.29. The lowest BCUT2D eigenvalue weighted by molar-refractivity contribution is -0.116. The van der Waals surface area contributed by atoms with E-state index < -0.39 is 10.0 Å². The first kappa shape index (κ1) is 22.0. The van der Waals surface area contributed by atoms with Crippen LogP contribution < -0.4 is 20.5 Å². The lowest BCUT2D eigenvalue weighted by Gasteiger charge is -2.13. The Labute approximate surface area is 171 Å². The molecule has 0 atom stereocenters. The van der Waals surface area contributed by atoms with Crippen molar-refractivity contribution in [3.05, 3.63) is 48.0 Å². The first-order chi connectivity index (χ1) is 12.9. The molecule has 9 heteroatoms. The third-order valence-electron chi connectivity index (χ3n) is 4.33. The van der Waals surface area contributed by atoms with Gasteiger partial charge in [-0.15, -0.1) is 12.4 Å². The third-order valence-corrected chi connectivity index (χ3v) is 5.85. The SMILES string of the molecule is COc1ccc(S(=O)(=O)NC2CC2)cc1NC(=O)CCc1ccccc1N.Cl. The maximum atomic E-state index is 12.4. The summed E-state index contributed by atoms with van der Waals surface area (Å²) in [5, 5.41) is 2.74. The molecule has 7 nitrogen and oxygen atoms in total. The summed E-state index contributed by atoms with van der Waals surface area (Å²) < 4.78 is 32.6. The number of carbonyl (C=O) groups is 1. The van der Waals surface area contributed by atoms with Crippen molar-refractivity contribution >= 4 is 39.7 Å². The second-order valence-corrected chi connectivity index (χ2v) is 8.22. The molecule has 0 radical (unpaired) electrons. The number of aryl methyl sites for hydroxylation is 1. The van der Waals surface area contributed by atoms with Gasteiger partial charge in [-0.25, -0.2) is 13.1 Å². The molecule has 0 bridgehead atoms. The third kappa shape index (κ3) is 5.60. The van der Waals surface area contributed by atoms with E-state index in [1.807, 2.05) is 18.2 Å². The summed E-state index contributed by atoms with van der Waals surface area (Å²) in [6.07, 6.45) is 2.40. The molecule has 1 amide bonds. The number of nitrogens with one attached hydrogen (secondary N) is 2. The highest BCUT2D eigenvalue weighted by molar-refractivity contribution is 7.89. The van der Waals surface area contributed by atoms with E-state index in [-0.39, 0.29) is 35.7 Å². The van der Waals surface area contributed by atoms with Gasteiger partial charge >= 0.3 is 0 Å². The van der Waals surface area contributed by atoms with E-state index >= 15 is 0 Å². The maximum Gasteiger partial charge on any atom is 0.240 e. The van der Waals surface area contributed by atoms with E-state index in [1.54, 1.807) is 6.07 Å². The smallest absolute Gasteiger partial charge is 0.240 e. The van der Waals surface area contributed by atoms with E-state index in [1.165, 1.54) is 25.3 Å². The van der Waals surface area contributed by atoms with Crippen molar-refractivity contribution in [3.63, 3.8) is 0 Å². The van der Waals surface area contributed by atoms with Crippen molar-refractivity contribution in [2.75, 3.05) is 18.2 Å². The molecule has 1 aliphatic rings. The summed E-state index contributed by atoms with van der Waals surface area (Å²) >= 11 is 0. The van der Waals surface area contributed by atoms with Gasteiger partial charge in [-0.2, -0.15) is 0 Å². The number of anilines is 2. The monoisotopic (exact) mass is 425 g/mol. The number of para-hydroxylation sites is 1. The van der Waals surface area contributed by atoms with Crippen LogP contribution in [0.5, 0.6) is 5.75 Å². The molecule has 2 aromatic carbocycles. The topological polar surface area (TPSA) is 111 Å². The van der Waals surface area contributed by atoms with Crippen molar-refractivity contribution in [2.24, 2.45) is 0 Å². The maximum absolute atomic E-state index is 12.4. The fourth-order valence-corrected chi connectivity index (χ4v) is 3.99. The number of benzene rings is 2. The summed E-state index contributed by atoms with van der Waals surface area (Å²) in [6.45, 7) is 0. The van der Waals surface area contributed by atoms with Gasteiger partial charge in [0.2, 0.25) is 15.9 Å². The number of nitrogen functional groups attached to an aromatic ring is 1. The molecule has 0 heterocycles. The van der Waals surface area contributed by atoms with Crippen LogP contribution in [0.1, 0.15) is 24.8 Å². The van der Waals surface area contributed by atoms with Crippen molar-refractivity contribution in [3.8, 4) is 5.75 Å². The van der Waals surface area contributed by atoms with Gasteiger partial charge in [0.1, 0.15) is 5.75 Å². The van der Waals surface area contributed by atoms with E-state index in [0.29, 0.717) is 23.5 Å². The summed E-state index contributed by atoms with van der Waals surface area (Å²) in [5.74, 6) is 0.147. The molecule has 0 spiro atoms. The Morgan fingerprint density at radius 1 is 1.21 bits per heavy atom. The summed E-state index contributed by atoms with van der Waals surface area (Å²) in [7, 11) is -2.15. The Balaban J connectivity index is 0.00000280. The van der Waals surface area contributed by atoms with E-state index in [2.05, 4.69) is 10.0 Å². The number of nitrogens with two attached hydrogens (primary N) is 1. The molecule has 2 aromatic rings. The average Bonchev–Trinajstić information content (AvgIpc) is 3.44. The molecule has 0 unspecified atom stereocenters. The zero-order chi connectivity index (χ0) is 19.4. The van der Waals surface area contributed by atoms with Crippen LogP contribution in [0, 0.1) is 0 Å². The van der Waals surface area contributed by atoms with Crippen molar-refractivity contribution in [2.45, 2.75) is 36.6 Å². The number of carbonyl (C=O) groups excluding carboxylic acids is 1. The Morgan fingerprint density at radius 2 is 1.93 bits per heavy atom. The van der Waals surface area contributed by atoms with Gasteiger partial charge < -0.3 is 15.8 Å². The summed E-state index contributed by atoms with van der Waals surface area (Å²) in [6, 6.07) is 11.8. The molecule has 1 fully saturated rings. The zero-order valence-corrected chi connectivity index (χ0v) is 17.1. The number of sulfonamides is 1. The molecule has 152 valence electrons. The largest absolute Gasteiger partial charge is 0.495 e.